The third kappa shape index (κ3) is 4.30. The van der Waals surface area contributed by atoms with Gasteiger partial charge in [-0.25, -0.2) is 4.79 Å². The molecule has 6 heteroatoms. The second-order valence-electron chi connectivity index (χ2n) is 5.56. The summed E-state index contributed by atoms with van der Waals surface area (Å²) < 4.78 is 5.03. The third-order valence-corrected chi connectivity index (χ3v) is 4.70. The molecule has 0 aromatic heterocycles. The molecule has 2 heterocycles. The van der Waals surface area contributed by atoms with E-state index < -0.39 is 0 Å². The van der Waals surface area contributed by atoms with E-state index in [9.17, 15) is 4.79 Å². The molecule has 0 aromatic carbocycles. The SMILES string of the molecule is CCOC(=O)N1CCC(N=C2NC(C)CC(C)S2)CC1. The number of carbonyl (C=O) groups is 1. The van der Waals surface area contributed by atoms with Crippen LogP contribution in [0.1, 0.15) is 40.0 Å². The topological polar surface area (TPSA) is 53.9 Å². The zero-order valence-corrected chi connectivity index (χ0v) is 13.4. The highest BCUT2D eigenvalue weighted by atomic mass is 32.2. The van der Waals surface area contributed by atoms with Crippen molar-refractivity contribution < 1.29 is 9.53 Å². The molecule has 1 amide bonds. The van der Waals surface area contributed by atoms with Crippen LogP contribution in [-0.4, -0.2) is 53.2 Å². The number of rotatable bonds is 2. The average molecular weight is 299 g/mol. The molecule has 2 atom stereocenters. The van der Waals surface area contributed by atoms with Gasteiger partial charge in [0.2, 0.25) is 0 Å². The van der Waals surface area contributed by atoms with E-state index in [1.807, 2.05) is 18.7 Å². The number of thioether (sulfide) groups is 1. The summed E-state index contributed by atoms with van der Waals surface area (Å²) in [5.41, 5.74) is 0. The van der Waals surface area contributed by atoms with E-state index in [0.29, 0.717) is 23.9 Å². The number of piperidine rings is 1. The summed E-state index contributed by atoms with van der Waals surface area (Å²) in [6.07, 6.45) is 2.84. The Morgan fingerprint density at radius 1 is 1.45 bits per heavy atom. The van der Waals surface area contributed by atoms with Crippen LogP contribution < -0.4 is 5.32 Å². The van der Waals surface area contributed by atoms with Crippen molar-refractivity contribution in [2.45, 2.75) is 57.4 Å². The van der Waals surface area contributed by atoms with Crippen LogP contribution in [0.4, 0.5) is 4.79 Å². The van der Waals surface area contributed by atoms with E-state index in [0.717, 1.165) is 31.1 Å². The molecule has 2 rings (SSSR count). The summed E-state index contributed by atoms with van der Waals surface area (Å²) in [6, 6.07) is 0.831. The number of ether oxygens (including phenoxy) is 1. The van der Waals surface area contributed by atoms with E-state index in [-0.39, 0.29) is 6.09 Å². The van der Waals surface area contributed by atoms with Crippen LogP contribution >= 0.6 is 11.8 Å². The largest absolute Gasteiger partial charge is 0.450 e. The number of aliphatic imine (C=N–C) groups is 1. The summed E-state index contributed by atoms with van der Waals surface area (Å²) in [5.74, 6) is 0. The van der Waals surface area contributed by atoms with Gasteiger partial charge in [-0.3, -0.25) is 4.99 Å². The van der Waals surface area contributed by atoms with Gasteiger partial charge in [-0.05, 0) is 33.1 Å². The van der Waals surface area contributed by atoms with Crippen LogP contribution in [0.25, 0.3) is 0 Å². The summed E-state index contributed by atoms with van der Waals surface area (Å²) >= 11 is 1.83. The van der Waals surface area contributed by atoms with Crippen molar-refractivity contribution in [3.8, 4) is 0 Å². The van der Waals surface area contributed by atoms with E-state index in [1.165, 1.54) is 6.42 Å². The Balaban J connectivity index is 1.83. The van der Waals surface area contributed by atoms with Crippen molar-refractivity contribution in [1.29, 1.82) is 0 Å². The minimum Gasteiger partial charge on any atom is -0.450 e. The monoisotopic (exact) mass is 299 g/mol. The highest BCUT2D eigenvalue weighted by Gasteiger charge is 2.25. The van der Waals surface area contributed by atoms with Gasteiger partial charge >= 0.3 is 6.09 Å². The Morgan fingerprint density at radius 2 is 2.15 bits per heavy atom. The van der Waals surface area contributed by atoms with Gasteiger partial charge in [0.1, 0.15) is 0 Å². The van der Waals surface area contributed by atoms with E-state index in [1.54, 1.807) is 4.90 Å². The molecule has 2 aliphatic rings. The lowest BCUT2D eigenvalue weighted by Gasteiger charge is -2.31. The molecule has 0 bridgehead atoms. The third-order valence-electron chi connectivity index (χ3n) is 3.66. The fraction of sp³-hybridized carbons (Fsp3) is 0.857. The van der Waals surface area contributed by atoms with Gasteiger partial charge in [0.05, 0.1) is 12.6 Å². The fourth-order valence-electron chi connectivity index (χ4n) is 2.67. The minimum atomic E-state index is -0.189. The minimum absolute atomic E-state index is 0.189. The molecule has 2 fully saturated rings. The lowest BCUT2D eigenvalue weighted by atomic mass is 10.1. The molecule has 114 valence electrons. The Kier molecular flexibility index (Phi) is 5.57. The number of amides is 1. The fourth-order valence-corrected chi connectivity index (χ4v) is 3.91. The average Bonchev–Trinajstić information content (AvgIpc) is 2.38. The number of hydrogen-bond acceptors (Lipinski definition) is 4. The van der Waals surface area contributed by atoms with Crippen molar-refractivity contribution in [2.24, 2.45) is 4.99 Å². The number of nitrogens with zero attached hydrogens (tertiary/aromatic N) is 2. The van der Waals surface area contributed by atoms with Gasteiger partial charge < -0.3 is 15.0 Å². The van der Waals surface area contributed by atoms with E-state index in [4.69, 9.17) is 9.73 Å². The predicted octanol–water partition coefficient (Wildman–Crippen LogP) is 2.47. The van der Waals surface area contributed by atoms with Crippen molar-refractivity contribution >= 4 is 23.0 Å². The first kappa shape index (κ1) is 15.5. The number of nitrogens with one attached hydrogen (secondary N) is 1. The maximum absolute atomic E-state index is 11.6. The molecule has 0 saturated carbocycles. The first-order valence-corrected chi connectivity index (χ1v) is 8.39. The van der Waals surface area contributed by atoms with Crippen LogP contribution in [-0.2, 0) is 4.74 Å². The zero-order chi connectivity index (χ0) is 14.5. The molecular weight excluding hydrogens is 274 g/mol. The van der Waals surface area contributed by atoms with Crippen LogP contribution in [0.2, 0.25) is 0 Å². The molecule has 0 radical (unpaired) electrons. The summed E-state index contributed by atoms with van der Waals surface area (Å²) in [7, 11) is 0. The first-order chi connectivity index (χ1) is 9.58. The zero-order valence-electron chi connectivity index (χ0n) is 12.6. The molecule has 0 spiro atoms. The smallest absolute Gasteiger partial charge is 0.409 e. The number of likely N-dealkylation sites (tertiary alicyclic amines) is 1. The van der Waals surface area contributed by atoms with E-state index >= 15 is 0 Å². The summed E-state index contributed by atoms with van der Waals surface area (Å²) in [4.78, 5) is 18.2. The highest BCUT2D eigenvalue weighted by molar-refractivity contribution is 8.14. The van der Waals surface area contributed by atoms with Crippen molar-refractivity contribution in [3.63, 3.8) is 0 Å². The second-order valence-corrected chi connectivity index (χ2v) is 6.99. The summed E-state index contributed by atoms with van der Waals surface area (Å²) in [6.45, 7) is 8.23. The van der Waals surface area contributed by atoms with Crippen LogP contribution in [0.3, 0.4) is 0 Å². The number of amidine groups is 1. The van der Waals surface area contributed by atoms with Gasteiger partial charge in [-0.1, -0.05) is 18.7 Å². The van der Waals surface area contributed by atoms with Crippen molar-refractivity contribution in [1.82, 2.24) is 10.2 Å². The maximum Gasteiger partial charge on any atom is 0.409 e. The molecule has 2 aliphatic heterocycles. The standard InChI is InChI=1S/C14H25N3O2S/c1-4-19-14(18)17-7-5-12(6-8-17)16-13-15-10(2)9-11(3)20-13/h10-12H,4-9H2,1-3H3,(H,15,16). The summed E-state index contributed by atoms with van der Waals surface area (Å²) in [5, 5.41) is 5.16. The van der Waals surface area contributed by atoms with Crippen molar-refractivity contribution in [3.05, 3.63) is 0 Å². The Hall–Kier alpha value is -0.910. The maximum atomic E-state index is 11.6. The molecular formula is C14H25N3O2S. The molecule has 2 saturated heterocycles. The number of hydrogen-bond donors (Lipinski definition) is 1. The Morgan fingerprint density at radius 3 is 2.75 bits per heavy atom. The Labute approximate surface area is 125 Å². The lowest BCUT2D eigenvalue weighted by Crippen LogP contribution is -2.42. The second kappa shape index (κ2) is 7.20. The molecule has 20 heavy (non-hydrogen) atoms. The number of carbonyl (C=O) groups excluding carboxylic acids is 1. The van der Waals surface area contributed by atoms with Crippen LogP contribution in [0, 0.1) is 0 Å². The molecule has 1 N–H and O–H groups in total. The molecule has 0 aliphatic carbocycles. The van der Waals surface area contributed by atoms with Gasteiger partial charge in [0, 0.05) is 24.4 Å². The van der Waals surface area contributed by atoms with Gasteiger partial charge in [-0.2, -0.15) is 0 Å². The van der Waals surface area contributed by atoms with Gasteiger partial charge in [0.15, 0.2) is 5.17 Å². The first-order valence-electron chi connectivity index (χ1n) is 7.51. The molecule has 2 unspecified atom stereocenters. The van der Waals surface area contributed by atoms with E-state index in [2.05, 4.69) is 19.2 Å². The quantitative estimate of drug-likeness (QED) is 0.851. The molecule has 0 aromatic rings. The van der Waals surface area contributed by atoms with Gasteiger partial charge in [0.25, 0.3) is 0 Å². The normalized spacial score (nSPS) is 30.1. The van der Waals surface area contributed by atoms with Gasteiger partial charge in [-0.15, -0.1) is 0 Å². The lowest BCUT2D eigenvalue weighted by molar-refractivity contribution is 0.0975. The molecule has 5 nitrogen and oxygen atoms in total. The Bertz CT molecular complexity index is 355. The van der Waals surface area contributed by atoms with Crippen LogP contribution in [0.5, 0.6) is 0 Å². The highest BCUT2D eigenvalue weighted by Crippen LogP contribution is 2.24. The predicted molar refractivity (Wildman–Crippen MR) is 83.3 cm³/mol. The van der Waals surface area contributed by atoms with Crippen molar-refractivity contribution in [2.75, 3.05) is 19.7 Å². The van der Waals surface area contributed by atoms with Crippen LogP contribution in [0.15, 0.2) is 4.99 Å².